The summed E-state index contributed by atoms with van der Waals surface area (Å²) in [7, 11) is 6.03. The molecule has 0 rings (SSSR count). The Morgan fingerprint density at radius 2 is 1.12 bits per heavy atom. The molecule has 0 N–H and O–H groups in total. The van der Waals surface area contributed by atoms with Crippen LogP contribution in [0.25, 0.3) is 0 Å². The molecule has 0 saturated carbocycles. The molecule has 0 bridgehead atoms. The highest BCUT2D eigenvalue weighted by molar-refractivity contribution is 4.47. The smallest absolute Gasteiger partial charge is 0.108 e. The van der Waals surface area contributed by atoms with Crippen molar-refractivity contribution in [2.24, 2.45) is 0 Å². The summed E-state index contributed by atoms with van der Waals surface area (Å²) >= 11 is 0. The Balaban J connectivity index is 3.09. The van der Waals surface area contributed by atoms with Crippen molar-refractivity contribution in [1.29, 1.82) is 0 Å². The predicted octanol–water partition coefficient (Wildman–Crippen LogP) is 4.55. The van der Waals surface area contributed by atoms with Crippen LogP contribution in [0, 0.1) is 0 Å². The fraction of sp³-hybridized carbons (Fsp3) is 1.00. The van der Waals surface area contributed by atoms with Crippen molar-refractivity contribution in [2.75, 3.05) is 27.7 Å². The van der Waals surface area contributed by atoms with Crippen LogP contribution in [0.1, 0.15) is 71.1 Å². The van der Waals surface area contributed by atoms with Gasteiger partial charge < -0.3 is 0 Å². The van der Waals surface area contributed by atoms with Crippen LogP contribution in [0.4, 0.5) is 0 Å². The van der Waals surface area contributed by atoms with Gasteiger partial charge in [-0.3, -0.25) is 0 Å². The Morgan fingerprint density at radius 3 is 1.53 bits per heavy atom. The van der Waals surface area contributed by atoms with E-state index < -0.39 is 0 Å². The molecule has 104 valence electrons. The Morgan fingerprint density at radius 1 is 0.706 bits per heavy atom. The van der Waals surface area contributed by atoms with Crippen molar-refractivity contribution in [3.05, 3.63) is 0 Å². The summed E-state index contributed by atoms with van der Waals surface area (Å²) in [6.07, 6.45) is 14.0. The third kappa shape index (κ3) is 12.2. The number of unbranched alkanes of at least 4 members (excludes halogenated alkanes) is 9. The van der Waals surface area contributed by atoms with Crippen LogP contribution in [-0.4, -0.2) is 32.4 Å². The SMILES string of the molecule is CCCCCCCCCCCC[N+](C)(C)OC. The number of hydroxylamine groups is 3. The number of rotatable bonds is 12. The predicted molar refractivity (Wildman–Crippen MR) is 75.8 cm³/mol. The van der Waals surface area contributed by atoms with Gasteiger partial charge in [-0.1, -0.05) is 58.3 Å². The average molecular weight is 244 g/mol. The molecule has 0 aliphatic heterocycles. The van der Waals surface area contributed by atoms with Crippen molar-refractivity contribution in [2.45, 2.75) is 71.1 Å². The third-order valence-corrected chi connectivity index (χ3v) is 3.54. The standard InChI is InChI=1S/C15H34NO/c1-5-6-7-8-9-10-11-12-13-14-15-16(2,3)17-4/h5-15H2,1-4H3/q+1. The van der Waals surface area contributed by atoms with Gasteiger partial charge in [-0.25, -0.2) is 4.84 Å². The monoisotopic (exact) mass is 244 g/mol. The molecule has 0 amide bonds. The first kappa shape index (κ1) is 16.9. The second-order valence-electron chi connectivity index (χ2n) is 5.66. The molecular formula is C15H34NO+. The van der Waals surface area contributed by atoms with E-state index in [0.29, 0.717) is 4.65 Å². The largest absolute Gasteiger partial charge is 0.207 e. The molecule has 0 aromatic rings. The lowest BCUT2D eigenvalue weighted by molar-refractivity contribution is -1.07. The minimum Gasteiger partial charge on any atom is -0.207 e. The van der Waals surface area contributed by atoms with Gasteiger partial charge in [0.2, 0.25) is 0 Å². The molecule has 0 aliphatic carbocycles. The molecule has 0 atom stereocenters. The Kier molecular flexibility index (Phi) is 11.0. The van der Waals surface area contributed by atoms with E-state index in [4.69, 9.17) is 4.84 Å². The molecule has 0 unspecified atom stereocenters. The summed E-state index contributed by atoms with van der Waals surface area (Å²) in [5.41, 5.74) is 0. The molecule has 2 nitrogen and oxygen atoms in total. The zero-order valence-electron chi connectivity index (χ0n) is 12.6. The van der Waals surface area contributed by atoms with E-state index in [1.54, 1.807) is 7.11 Å². The molecule has 0 aromatic heterocycles. The van der Waals surface area contributed by atoms with Crippen LogP contribution in [0.3, 0.4) is 0 Å². The van der Waals surface area contributed by atoms with Crippen LogP contribution in [-0.2, 0) is 4.84 Å². The topological polar surface area (TPSA) is 9.23 Å². The number of nitrogens with zero attached hydrogens (tertiary/aromatic N) is 1. The first-order valence-electron chi connectivity index (χ1n) is 7.51. The van der Waals surface area contributed by atoms with Crippen LogP contribution in [0.5, 0.6) is 0 Å². The van der Waals surface area contributed by atoms with E-state index >= 15 is 0 Å². The maximum atomic E-state index is 5.36. The first-order chi connectivity index (χ1) is 8.12. The maximum Gasteiger partial charge on any atom is 0.108 e. The van der Waals surface area contributed by atoms with Gasteiger partial charge in [-0.05, 0) is 12.8 Å². The minimum absolute atomic E-state index is 0.691. The van der Waals surface area contributed by atoms with Gasteiger partial charge in [-0.15, -0.1) is 0 Å². The molecule has 17 heavy (non-hydrogen) atoms. The van der Waals surface area contributed by atoms with E-state index in [0.717, 1.165) is 6.54 Å². The Hall–Kier alpha value is -0.0800. The molecule has 0 radical (unpaired) electrons. The first-order valence-corrected chi connectivity index (χ1v) is 7.51. The quantitative estimate of drug-likeness (QED) is 0.278. The molecule has 0 heterocycles. The molecular weight excluding hydrogens is 210 g/mol. The molecule has 0 saturated heterocycles. The summed E-state index contributed by atoms with van der Waals surface area (Å²) in [5.74, 6) is 0. The lowest BCUT2D eigenvalue weighted by Gasteiger charge is -2.24. The summed E-state index contributed by atoms with van der Waals surface area (Å²) in [6, 6.07) is 0. The van der Waals surface area contributed by atoms with E-state index in [-0.39, 0.29) is 0 Å². The highest BCUT2D eigenvalue weighted by Gasteiger charge is 2.12. The van der Waals surface area contributed by atoms with Crippen molar-refractivity contribution < 1.29 is 9.48 Å². The van der Waals surface area contributed by atoms with E-state index in [1.165, 1.54) is 64.2 Å². The second-order valence-corrected chi connectivity index (χ2v) is 5.66. The number of hydrogen-bond donors (Lipinski definition) is 0. The van der Waals surface area contributed by atoms with Crippen molar-refractivity contribution in [3.63, 3.8) is 0 Å². The molecule has 0 aliphatic rings. The Bertz CT molecular complexity index is 157. The lowest BCUT2D eigenvalue weighted by Crippen LogP contribution is -2.38. The van der Waals surface area contributed by atoms with Crippen LogP contribution in [0.2, 0.25) is 0 Å². The Labute approximate surface area is 109 Å². The van der Waals surface area contributed by atoms with Crippen LogP contribution < -0.4 is 0 Å². The lowest BCUT2D eigenvalue weighted by atomic mass is 10.1. The van der Waals surface area contributed by atoms with Crippen molar-refractivity contribution >= 4 is 0 Å². The zero-order chi connectivity index (χ0) is 13.0. The molecule has 2 heteroatoms. The summed E-state index contributed by atoms with van der Waals surface area (Å²) in [4.78, 5) is 5.36. The van der Waals surface area contributed by atoms with E-state index in [2.05, 4.69) is 21.0 Å². The third-order valence-electron chi connectivity index (χ3n) is 3.54. The average Bonchev–Trinajstić information content (AvgIpc) is 2.31. The number of quaternary nitrogens is 1. The maximum absolute atomic E-state index is 5.36. The van der Waals surface area contributed by atoms with E-state index in [1.807, 2.05) is 0 Å². The van der Waals surface area contributed by atoms with Gasteiger partial charge in [0, 0.05) is 0 Å². The fourth-order valence-electron chi connectivity index (χ4n) is 2.07. The van der Waals surface area contributed by atoms with Gasteiger partial charge in [0.1, 0.15) is 6.54 Å². The van der Waals surface area contributed by atoms with Gasteiger partial charge in [0.15, 0.2) is 0 Å². The van der Waals surface area contributed by atoms with Crippen LogP contribution in [0.15, 0.2) is 0 Å². The molecule has 0 spiro atoms. The van der Waals surface area contributed by atoms with Crippen molar-refractivity contribution in [1.82, 2.24) is 0 Å². The summed E-state index contributed by atoms with van der Waals surface area (Å²) in [6.45, 7) is 3.41. The van der Waals surface area contributed by atoms with Gasteiger partial charge >= 0.3 is 0 Å². The van der Waals surface area contributed by atoms with Gasteiger partial charge in [-0.2, -0.15) is 4.65 Å². The number of hydrogen-bond acceptors (Lipinski definition) is 1. The minimum atomic E-state index is 0.691. The highest BCUT2D eigenvalue weighted by atomic mass is 16.7. The van der Waals surface area contributed by atoms with E-state index in [9.17, 15) is 0 Å². The van der Waals surface area contributed by atoms with Gasteiger partial charge in [0.05, 0.1) is 21.2 Å². The zero-order valence-corrected chi connectivity index (χ0v) is 12.6. The van der Waals surface area contributed by atoms with Crippen LogP contribution >= 0.6 is 0 Å². The normalized spacial score (nSPS) is 12.0. The fourth-order valence-corrected chi connectivity index (χ4v) is 2.07. The van der Waals surface area contributed by atoms with Gasteiger partial charge in [0.25, 0.3) is 0 Å². The molecule has 0 fully saturated rings. The highest BCUT2D eigenvalue weighted by Crippen LogP contribution is 2.11. The second kappa shape index (κ2) is 11.0. The molecule has 0 aromatic carbocycles. The van der Waals surface area contributed by atoms with Crippen molar-refractivity contribution in [3.8, 4) is 0 Å². The summed E-state index contributed by atoms with van der Waals surface area (Å²) < 4.78 is 0.691. The summed E-state index contributed by atoms with van der Waals surface area (Å²) in [5, 5.41) is 0.